The van der Waals surface area contributed by atoms with Crippen molar-refractivity contribution in [3.8, 4) is 0 Å². The Morgan fingerprint density at radius 1 is 1.22 bits per heavy atom. The Hall–Kier alpha value is -1.44. The van der Waals surface area contributed by atoms with Crippen LogP contribution < -0.4 is 5.32 Å². The van der Waals surface area contributed by atoms with Crippen molar-refractivity contribution in [2.75, 3.05) is 44.2 Å². The molecule has 3 rings (SSSR count). The summed E-state index contributed by atoms with van der Waals surface area (Å²) in [6.45, 7) is 6.67. The molecule has 7 heteroatoms. The number of piperidine rings is 1. The summed E-state index contributed by atoms with van der Waals surface area (Å²) in [6, 6.07) is 8.16. The summed E-state index contributed by atoms with van der Waals surface area (Å²) in [5.41, 5.74) is 1.81. The van der Waals surface area contributed by atoms with Crippen LogP contribution in [0, 0.1) is 0 Å². The quantitative estimate of drug-likeness (QED) is 0.794. The summed E-state index contributed by atoms with van der Waals surface area (Å²) in [5, 5.41) is 3.36. The van der Waals surface area contributed by atoms with E-state index in [2.05, 4.69) is 17.1 Å². The fraction of sp³-hybridized carbons (Fsp3) is 0.650. The number of carbonyl (C=O) groups excluding carboxylic acids is 1. The molecule has 0 spiro atoms. The van der Waals surface area contributed by atoms with Gasteiger partial charge in [0.2, 0.25) is 0 Å². The minimum Gasteiger partial charge on any atom is -0.336 e. The third-order valence-electron chi connectivity index (χ3n) is 5.49. The molecule has 1 amide bonds. The van der Waals surface area contributed by atoms with Crippen LogP contribution in [-0.2, 0) is 16.4 Å². The predicted molar refractivity (Wildman–Crippen MR) is 108 cm³/mol. The van der Waals surface area contributed by atoms with Crippen LogP contribution in [0.5, 0.6) is 0 Å². The van der Waals surface area contributed by atoms with E-state index in [1.165, 1.54) is 0 Å². The van der Waals surface area contributed by atoms with E-state index in [-0.39, 0.29) is 17.4 Å². The van der Waals surface area contributed by atoms with Gasteiger partial charge in [0, 0.05) is 37.8 Å². The fourth-order valence-electron chi connectivity index (χ4n) is 3.94. The van der Waals surface area contributed by atoms with Crippen LogP contribution in [0.2, 0.25) is 0 Å². The zero-order chi connectivity index (χ0) is 19.3. The molecule has 0 unspecified atom stereocenters. The van der Waals surface area contributed by atoms with Gasteiger partial charge in [0.1, 0.15) is 0 Å². The molecule has 150 valence electrons. The molecule has 0 radical (unpaired) electrons. The van der Waals surface area contributed by atoms with Gasteiger partial charge in [-0.05, 0) is 50.0 Å². The average molecular weight is 394 g/mol. The van der Waals surface area contributed by atoms with Crippen LogP contribution in [0.4, 0.5) is 0 Å². The fourth-order valence-corrected chi connectivity index (χ4v) is 5.22. The summed E-state index contributed by atoms with van der Waals surface area (Å²) >= 11 is 0. The lowest BCUT2D eigenvalue weighted by Crippen LogP contribution is -2.46. The zero-order valence-electron chi connectivity index (χ0n) is 16.2. The van der Waals surface area contributed by atoms with Crippen molar-refractivity contribution in [2.45, 2.75) is 38.8 Å². The predicted octanol–water partition coefficient (Wildman–Crippen LogP) is 1.52. The monoisotopic (exact) mass is 393 g/mol. The van der Waals surface area contributed by atoms with Gasteiger partial charge in [-0.1, -0.05) is 19.1 Å². The largest absolute Gasteiger partial charge is 0.336 e. The first-order chi connectivity index (χ1) is 13.0. The molecule has 1 aromatic carbocycles. The topological polar surface area (TPSA) is 69.7 Å². The first kappa shape index (κ1) is 20.3. The van der Waals surface area contributed by atoms with Crippen LogP contribution in [0.3, 0.4) is 0 Å². The van der Waals surface area contributed by atoms with Crippen LogP contribution in [0.15, 0.2) is 24.3 Å². The van der Waals surface area contributed by atoms with Gasteiger partial charge >= 0.3 is 0 Å². The standard InChI is InChI=1S/C20H31N3O3S/c1-2-10-23(19-6-8-21-9-7-19)20(24)18-5-3-4-17(15-18)16-22-11-13-27(25,26)14-12-22/h3-5,15,19,21H,2,6-14,16H2,1H3. The molecule has 6 nitrogen and oxygen atoms in total. The lowest BCUT2D eigenvalue weighted by atomic mass is 10.0. The number of rotatable bonds is 6. The number of benzene rings is 1. The molecule has 1 aromatic rings. The number of hydrogen-bond donors (Lipinski definition) is 1. The van der Waals surface area contributed by atoms with Gasteiger partial charge in [0.15, 0.2) is 9.84 Å². The van der Waals surface area contributed by atoms with E-state index in [0.29, 0.717) is 25.7 Å². The zero-order valence-corrected chi connectivity index (χ0v) is 17.0. The molecule has 2 aliphatic heterocycles. The normalized spacial score (nSPS) is 21.1. The molecular formula is C20H31N3O3S. The van der Waals surface area contributed by atoms with Crippen molar-refractivity contribution in [3.63, 3.8) is 0 Å². The number of sulfone groups is 1. The Labute approximate surface area is 162 Å². The van der Waals surface area contributed by atoms with Crippen molar-refractivity contribution in [1.82, 2.24) is 15.1 Å². The lowest BCUT2D eigenvalue weighted by molar-refractivity contribution is 0.0642. The van der Waals surface area contributed by atoms with E-state index in [1.807, 2.05) is 29.2 Å². The van der Waals surface area contributed by atoms with Crippen molar-refractivity contribution < 1.29 is 13.2 Å². The molecule has 2 heterocycles. The van der Waals surface area contributed by atoms with Crippen LogP contribution in [0.25, 0.3) is 0 Å². The van der Waals surface area contributed by atoms with Crippen molar-refractivity contribution in [1.29, 1.82) is 0 Å². The molecular weight excluding hydrogens is 362 g/mol. The molecule has 0 bridgehead atoms. The molecule has 0 aromatic heterocycles. The van der Waals surface area contributed by atoms with E-state index < -0.39 is 9.84 Å². The molecule has 27 heavy (non-hydrogen) atoms. The van der Waals surface area contributed by atoms with Gasteiger partial charge in [-0.2, -0.15) is 0 Å². The molecule has 2 aliphatic rings. The first-order valence-electron chi connectivity index (χ1n) is 10.0. The molecule has 0 aliphatic carbocycles. The Balaban J connectivity index is 1.68. The summed E-state index contributed by atoms with van der Waals surface area (Å²) in [4.78, 5) is 17.4. The number of nitrogens with one attached hydrogen (secondary N) is 1. The maximum Gasteiger partial charge on any atom is 0.254 e. The van der Waals surface area contributed by atoms with Gasteiger partial charge in [0.05, 0.1) is 11.5 Å². The third-order valence-corrected chi connectivity index (χ3v) is 7.10. The SMILES string of the molecule is CCCN(C(=O)c1cccc(CN2CCS(=O)(=O)CC2)c1)C1CCNCC1. The van der Waals surface area contributed by atoms with Gasteiger partial charge in [-0.25, -0.2) is 8.42 Å². The smallest absolute Gasteiger partial charge is 0.254 e. The van der Waals surface area contributed by atoms with Crippen LogP contribution in [-0.4, -0.2) is 74.4 Å². The van der Waals surface area contributed by atoms with Gasteiger partial charge in [0.25, 0.3) is 5.91 Å². The van der Waals surface area contributed by atoms with E-state index in [4.69, 9.17) is 0 Å². The molecule has 0 saturated carbocycles. The summed E-state index contributed by atoms with van der Waals surface area (Å²) in [7, 11) is -2.87. The van der Waals surface area contributed by atoms with Crippen LogP contribution in [0.1, 0.15) is 42.1 Å². The molecule has 2 saturated heterocycles. The lowest BCUT2D eigenvalue weighted by Gasteiger charge is -2.34. The number of nitrogens with zero attached hydrogens (tertiary/aromatic N) is 2. The second-order valence-electron chi connectivity index (χ2n) is 7.61. The molecule has 1 N–H and O–H groups in total. The summed E-state index contributed by atoms with van der Waals surface area (Å²) < 4.78 is 23.2. The minimum absolute atomic E-state index is 0.117. The number of amides is 1. The highest BCUT2D eigenvalue weighted by Crippen LogP contribution is 2.18. The highest BCUT2D eigenvalue weighted by Gasteiger charge is 2.26. The summed E-state index contributed by atoms with van der Waals surface area (Å²) in [5.74, 6) is 0.573. The Kier molecular flexibility index (Phi) is 6.89. The third kappa shape index (κ3) is 5.53. The second-order valence-corrected chi connectivity index (χ2v) is 9.91. The van der Waals surface area contributed by atoms with E-state index in [0.717, 1.165) is 50.0 Å². The maximum atomic E-state index is 13.2. The Bertz CT molecular complexity index is 731. The number of carbonyl (C=O) groups is 1. The van der Waals surface area contributed by atoms with E-state index in [9.17, 15) is 13.2 Å². The van der Waals surface area contributed by atoms with E-state index in [1.54, 1.807) is 0 Å². The van der Waals surface area contributed by atoms with Gasteiger partial charge < -0.3 is 10.2 Å². The van der Waals surface area contributed by atoms with Crippen molar-refractivity contribution in [2.24, 2.45) is 0 Å². The maximum absolute atomic E-state index is 13.2. The highest BCUT2D eigenvalue weighted by molar-refractivity contribution is 7.91. The van der Waals surface area contributed by atoms with Gasteiger partial charge in [-0.3, -0.25) is 9.69 Å². The molecule has 0 atom stereocenters. The van der Waals surface area contributed by atoms with Crippen molar-refractivity contribution in [3.05, 3.63) is 35.4 Å². The average Bonchev–Trinajstić information content (AvgIpc) is 2.68. The highest BCUT2D eigenvalue weighted by atomic mass is 32.2. The number of hydrogen-bond acceptors (Lipinski definition) is 5. The Morgan fingerprint density at radius 2 is 1.93 bits per heavy atom. The first-order valence-corrected chi connectivity index (χ1v) is 11.8. The molecule has 2 fully saturated rings. The second kappa shape index (κ2) is 9.17. The Morgan fingerprint density at radius 3 is 2.59 bits per heavy atom. The van der Waals surface area contributed by atoms with Gasteiger partial charge in [-0.15, -0.1) is 0 Å². The van der Waals surface area contributed by atoms with Crippen molar-refractivity contribution >= 4 is 15.7 Å². The van der Waals surface area contributed by atoms with E-state index >= 15 is 0 Å². The van der Waals surface area contributed by atoms with Crippen LogP contribution >= 0.6 is 0 Å². The minimum atomic E-state index is -2.87. The summed E-state index contributed by atoms with van der Waals surface area (Å²) in [6.07, 6.45) is 2.97.